The van der Waals surface area contributed by atoms with Gasteiger partial charge >= 0.3 is 5.97 Å². The third-order valence-corrected chi connectivity index (χ3v) is 6.66. The van der Waals surface area contributed by atoms with Crippen molar-refractivity contribution in [1.29, 1.82) is 0 Å². The molecule has 136 valence electrons. The van der Waals surface area contributed by atoms with Gasteiger partial charge in [0.2, 0.25) is 0 Å². The number of ether oxygens (including phenoxy) is 1. The molecular formula is C22H36O2. The van der Waals surface area contributed by atoms with E-state index in [2.05, 4.69) is 6.92 Å². The molecule has 0 unspecified atom stereocenters. The van der Waals surface area contributed by atoms with E-state index < -0.39 is 0 Å². The second kappa shape index (κ2) is 9.06. The van der Waals surface area contributed by atoms with Crippen LogP contribution in [0.25, 0.3) is 0 Å². The summed E-state index contributed by atoms with van der Waals surface area (Å²) in [5.41, 5.74) is 2.49. The van der Waals surface area contributed by atoms with Crippen molar-refractivity contribution in [3.05, 3.63) is 11.1 Å². The lowest BCUT2D eigenvalue weighted by molar-refractivity contribution is -0.145. The molecule has 0 N–H and O–H groups in total. The fourth-order valence-corrected chi connectivity index (χ4v) is 5.31. The predicted octanol–water partition coefficient (Wildman–Crippen LogP) is 6.34. The fraction of sp³-hybridized carbons (Fsp3) is 0.864. The molecule has 0 aromatic heterocycles. The number of allylic oxidation sites excluding steroid dienone is 1. The molecule has 0 atom stereocenters. The van der Waals surface area contributed by atoms with Gasteiger partial charge in [-0.2, -0.15) is 0 Å². The van der Waals surface area contributed by atoms with Crippen molar-refractivity contribution >= 4 is 5.97 Å². The summed E-state index contributed by atoms with van der Waals surface area (Å²) in [6.45, 7) is 2.07. The van der Waals surface area contributed by atoms with Crippen LogP contribution in [0, 0.1) is 11.8 Å². The van der Waals surface area contributed by atoms with E-state index in [0.29, 0.717) is 11.8 Å². The van der Waals surface area contributed by atoms with Crippen LogP contribution in [0.1, 0.15) is 103 Å². The van der Waals surface area contributed by atoms with E-state index in [1.807, 2.05) is 0 Å². The van der Waals surface area contributed by atoms with Crippen molar-refractivity contribution in [3.8, 4) is 0 Å². The zero-order valence-corrected chi connectivity index (χ0v) is 15.7. The van der Waals surface area contributed by atoms with Gasteiger partial charge in [0.15, 0.2) is 0 Å². The number of hydrogen-bond donors (Lipinski definition) is 0. The van der Waals surface area contributed by atoms with E-state index >= 15 is 0 Å². The minimum Gasteiger partial charge on any atom is -0.459 e. The van der Waals surface area contributed by atoms with E-state index in [1.165, 1.54) is 89.0 Å². The van der Waals surface area contributed by atoms with Gasteiger partial charge in [-0.3, -0.25) is 0 Å². The first-order valence-corrected chi connectivity index (χ1v) is 10.7. The van der Waals surface area contributed by atoms with Crippen LogP contribution in [-0.4, -0.2) is 12.1 Å². The predicted molar refractivity (Wildman–Crippen MR) is 98.8 cm³/mol. The van der Waals surface area contributed by atoms with Crippen LogP contribution in [-0.2, 0) is 9.53 Å². The van der Waals surface area contributed by atoms with Crippen LogP contribution in [0.15, 0.2) is 11.1 Å². The van der Waals surface area contributed by atoms with Gasteiger partial charge in [0.1, 0.15) is 6.10 Å². The van der Waals surface area contributed by atoms with E-state index in [-0.39, 0.29) is 12.1 Å². The van der Waals surface area contributed by atoms with E-state index in [0.717, 1.165) is 18.4 Å². The molecule has 3 saturated carbocycles. The molecule has 2 nitrogen and oxygen atoms in total. The maximum Gasteiger partial charge on any atom is 0.333 e. The number of carbonyl (C=O) groups excluding carboxylic acids is 1. The first kappa shape index (κ1) is 18.0. The van der Waals surface area contributed by atoms with Crippen molar-refractivity contribution < 1.29 is 9.53 Å². The number of rotatable bonds is 4. The zero-order valence-electron chi connectivity index (χ0n) is 15.7. The second-order valence-corrected chi connectivity index (χ2v) is 8.42. The van der Waals surface area contributed by atoms with E-state index in [1.54, 1.807) is 0 Å². The lowest BCUT2D eigenvalue weighted by Gasteiger charge is -2.34. The topological polar surface area (TPSA) is 26.3 Å². The van der Waals surface area contributed by atoms with Gasteiger partial charge in [0.05, 0.1) is 0 Å². The molecule has 0 bridgehead atoms. The zero-order chi connectivity index (χ0) is 16.8. The summed E-state index contributed by atoms with van der Waals surface area (Å²) in [5.74, 6) is 1.31. The van der Waals surface area contributed by atoms with Gasteiger partial charge in [0, 0.05) is 5.57 Å². The molecule has 2 heteroatoms. The van der Waals surface area contributed by atoms with Crippen molar-refractivity contribution in [3.63, 3.8) is 0 Å². The van der Waals surface area contributed by atoms with Gasteiger partial charge in [-0.1, -0.05) is 50.5 Å². The van der Waals surface area contributed by atoms with Crippen LogP contribution >= 0.6 is 0 Å². The Hall–Kier alpha value is -0.790. The smallest absolute Gasteiger partial charge is 0.333 e. The first-order valence-electron chi connectivity index (χ1n) is 10.7. The molecule has 3 aliphatic carbocycles. The Morgan fingerprint density at radius 2 is 1.08 bits per heavy atom. The molecule has 0 aromatic carbocycles. The largest absolute Gasteiger partial charge is 0.459 e. The Labute approximate surface area is 148 Å². The molecule has 24 heavy (non-hydrogen) atoms. The summed E-state index contributed by atoms with van der Waals surface area (Å²) in [6.07, 6.45) is 19.3. The van der Waals surface area contributed by atoms with Gasteiger partial charge in [-0.25, -0.2) is 4.79 Å². The van der Waals surface area contributed by atoms with Crippen molar-refractivity contribution in [2.45, 2.75) is 109 Å². The maximum absolute atomic E-state index is 12.9. The lowest BCUT2D eigenvalue weighted by atomic mass is 9.72. The molecule has 0 spiro atoms. The minimum absolute atomic E-state index is 0.00745. The molecule has 0 aliphatic heterocycles. The molecule has 3 aliphatic rings. The summed E-state index contributed by atoms with van der Waals surface area (Å²) < 4.78 is 5.92. The lowest BCUT2D eigenvalue weighted by Crippen LogP contribution is -2.26. The highest BCUT2D eigenvalue weighted by molar-refractivity contribution is 5.89. The minimum atomic E-state index is 0.00745. The average Bonchev–Trinajstić information content (AvgIpc) is 2.64. The van der Waals surface area contributed by atoms with Crippen LogP contribution in [0.4, 0.5) is 0 Å². The summed E-state index contributed by atoms with van der Waals surface area (Å²) in [4.78, 5) is 12.9. The van der Waals surface area contributed by atoms with E-state index in [4.69, 9.17) is 4.74 Å². The Bertz CT molecular complexity index is 413. The molecular weight excluding hydrogens is 296 g/mol. The van der Waals surface area contributed by atoms with E-state index in [9.17, 15) is 4.79 Å². The van der Waals surface area contributed by atoms with Crippen molar-refractivity contribution in [2.75, 3.05) is 0 Å². The monoisotopic (exact) mass is 332 g/mol. The third kappa shape index (κ3) is 4.64. The van der Waals surface area contributed by atoms with Crippen LogP contribution in [0.2, 0.25) is 0 Å². The molecule has 0 radical (unpaired) electrons. The maximum atomic E-state index is 12.9. The summed E-state index contributed by atoms with van der Waals surface area (Å²) >= 11 is 0. The second-order valence-electron chi connectivity index (χ2n) is 8.42. The Kier molecular flexibility index (Phi) is 6.80. The highest BCUT2D eigenvalue weighted by Crippen LogP contribution is 2.41. The van der Waals surface area contributed by atoms with Gasteiger partial charge < -0.3 is 4.74 Å². The average molecular weight is 333 g/mol. The van der Waals surface area contributed by atoms with Crippen molar-refractivity contribution in [2.24, 2.45) is 11.8 Å². The molecule has 3 fully saturated rings. The Morgan fingerprint density at radius 1 is 0.667 bits per heavy atom. The number of esters is 1. The molecule has 0 amide bonds. The van der Waals surface area contributed by atoms with Gasteiger partial charge in [0.25, 0.3) is 0 Å². The van der Waals surface area contributed by atoms with Crippen molar-refractivity contribution in [1.82, 2.24) is 0 Å². The normalized spacial score (nSPS) is 24.5. The summed E-state index contributed by atoms with van der Waals surface area (Å²) in [7, 11) is 0. The highest BCUT2D eigenvalue weighted by atomic mass is 16.5. The highest BCUT2D eigenvalue weighted by Gasteiger charge is 2.30. The first-order chi connectivity index (χ1) is 11.8. The Balaban J connectivity index is 1.74. The van der Waals surface area contributed by atoms with Gasteiger partial charge in [-0.05, 0) is 70.1 Å². The third-order valence-electron chi connectivity index (χ3n) is 6.66. The summed E-state index contributed by atoms with van der Waals surface area (Å²) in [5, 5.41) is 0. The van der Waals surface area contributed by atoms with Crippen LogP contribution in [0.3, 0.4) is 0 Å². The number of carbonyl (C=O) groups is 1. The molecule has 0 saturated heterocycles. The molecule has 3 rings (SSSR count). The number of hydrogen-bond acceptors (Lipinski definition) is 2. The fourth-order valence-electron chi connectivity index (χ4n) is 5.31. The quantitative estimate of drug-likeness (QED) is 0.443. The van der Waals surface area contributed by atoms with Crippen LogP contribution < -0.4 is 0 Å². The molecule has 0 heterocycles. The standard InChI is InChI=1S/C22H36O2/c1-17(22(23)24-20-15-9-4-10-16-20)21(18-11-5-2-6-12-18)19-13-7-3-8-14-19/h18-20H,2-16H2,1H3. The SMILES string of the molecule is CC(C(=O)OC1CCCCC1)=C(C1CCCCC1)C1CCCCC1. The summed E-state index contributed by atoms with van der Waals surface area (Å²) in [6, 6.07) is 0. The Morgan fingerprint density at radius 3 is 1.54 bits per heavy atom. The molecule has 0 aromatic rings. The van der Waals surface area contributed by atoms with Crippen LogP contribution in [0.5, 0.6) is 0 Å². The van der Waals surface area contributed by atoms with Gasteiger partial charge in [-0.15, -0.1) is 0 Å².